The molecule has 0 spiro atoms. The highest BCUT2D eigenvalue weighted by Crippen LogP contribution is 2.41. The molecule has 1 aromatic carbocycles. The molecule has 1 fully saturated rings. The fraction of sp³-hybridized carbons (Fsp3) is 0.667. The van der Waals surface area contributed by atoms with Gasteiger partial charge in [-0.2, -0.15) is 0 Å². The summed E-state index contributed by atoms with van der Waals surface area (Å²) in [6.07, 6.45) is 5.15. The molecule has 1 aromatic rings. The summed E-state index contributed by atoms with van der Waals surface area (Å²) >= 11 is 0. The van der Waals surface area contributed by atoms with Crippen LogP contribution < -0.4 is 14.8 Å². The minimum Gasteiger partial charge on any atom is -0.497 e. The normalized spacial score (nSPS) is 23.0. The van der Waals surface area contributed by atoms with Crippen LogP contribution in [0.15, 0.2) is 18.2 Å². The number of benzene rings is 1. The van der Waals surface area contributed by atoms with Gasteiger partial charge in [0, 0.05) is 12.1 Å². The molecule has 1 aliphatic carbocycles. The van der Waals surface area contributed by atoms with Gasteiger partial charge in [0.25, 0.3) is 0 Å². The molecule has 3 atom stereocenters. The van der Waals surface area contributed by atoms with E-state index in [-0.39, 0.29) is 0 Å². The van der Waals surface area contributed by atoms with Crippen molar-refractivity contribution in [3.05, 3.63) is 23.8 Å². The smallest absolute Gasteiger partial charge is 0.122 e. The Bertz CT molecular complexity index is 425. The van der Waals surface area contributed by atoms with E-state index in [9.17, 15) is 0 Å². The summed E-state index contributed by atoms with van der Waals surface area (Å²) in [5, 5.41) is 3.75. The number of rotatable bonds is 7. The van der Waals surface area contributed by atoms with Crippen LogP contribution in [0, 0.1) is 11.8 Å². The van der Waals surface area contributed by atoms with Gasteiger partial charge >= 0.3 is 0 Å². The van der Waals surface area contributed by atoms with Crippen molar-refractivity contribution in [1.82, 2.24) is 5.32 Å². The highest BCUT2D eigenvalue weighted by atomic mass is 16.5. The zero-order valence-corrected chi connectivity index (χ0v) is 13.8. The Hall–Kier alpha value is -1.22. The molecule has 0 heterocycles. The molecule has 1 aliphatic rings. The Balaban J connectivity index is 2.30. The van der Waals surface area contributed by atoms with E-state index in [1.807, 2.05) is 6.07 Å². The van der Waals surface area contributed by atoms with Crippen LogP contribution >= 0.6 is 0 Å². The van der Waals surface area contributed by atoms with Gasteiger partial charge in [0.15, 0.2) is 0 Å². The summed E-state index contributed by atoms with van der Waals surface area (Å²) in [5.41, 5.74) is 1.29. The van der Waals surface area contributed by atoms with Gasteiger partial charge in [0.1, 0.15) is 11.5 Å². The number of hydrogen-bond acceptors (Lipinski definition) is 3. The number of ether oxygens (including phenoxy) is 2. The average molecular weight is 291 g/mol. The lowest BCUT2D eigenvalue weighted by Crippen LogP contribution is -2.30. The fourth-order valence-corrected chi connectivity index (χ4v) is 3.49. The third-order valence-electron chi connectivity index (χ3n) is 4.70. The van der Waals surface area contributed by atoms with Gasteiger partial charge in [0.2, 0.25) is 0 Å². The standard InChI is InChI=1S/C18H29NO2/c1-5-9-19-18(17-8-6-7-13(17)2)14-10-15(20-3)12-16(11-14)21-4/h10-13,17-19H,5-9H2,1-4H3. The van der Waals surface area contributed by atoms with Crippen LogP contribution in [-0.2, 0) is 0 Å². The van der Waals surface area contributed by atoms with E-state index in [0.29, 0.717) is 12.0 Å². The first-order valence-electron chi connectivity index (χ1n) is 8.16. The first-order chi connectivity index (χ1) is 10.2. The monoisotopic (exact) mass is 291 g/mol. The largest absolute Gasteiger partial charge is 0.497 e. The first kappa shape index (κ1) is 16.2. The van der Waals surface area contributed by atoms with Crippen molar-refractivity contribution in [3.63, 3.8) is 0 Å². The second-order valence-corrected chi connectivity index (χ2v) is 6.15. The van der Waals surface area contributed by atoms with Crippen molar-refractivity contribution < 1.29 is 9.47 Å². The highest BCUT2D eigenvalue weighted by Gasteiger charge is 2.32. The maximum atomic E-state index is 5.43. The van der Waals surface area contributed by atoms with Crippen LogP contribution in [0.5, 0.6) is 11.5 Å². The van der Waals surface area contributed by atoms with E-state index in [1.54, 1.807) is 14.2 Å². The van der Waals surface area contributed by atoms with Crippen molar-refractivity contribution in [1.29, 1.82) is 0 Å². The summed E-state index contributed by atoms with van der Waals surface area (Å²) in [6, 6.07) is 6.65. The van der Waals surface area contributed by atoms with Crippen LogP contribution in [-0.4, -0.2) is 20.8 Å². The van der Waals surface area contributed by atoms with Gasteiger partial charge in [-0.1, -0.05) is 26.7 Å². The van der Waals surface area contributed by atoms with Gasteiger partial charge < -0.3 is 14.8 Å². The Morgan fingerprint density at radius 3 is 2.29 bits per heavy atom. The predicted molar refractivity (Wildman–Crippen MR) is 87.1 cm³/mol. The van der Waals surface area contributed by atoms with Crippen LogP contribution in [0.4, 0.5) is 0 Å². The molecule has 2 rings (SSSR count). The molecule has 0 aromatic heterocycles. The van der Waals surface area contributed by atoms with Crippen LogP contribution in [0.1, 0.15) is 51.1 Å². The second kappa shape index (κ2) is 7.69. The average Bonchev–Trinajstić information content (AvgIpc) is 2.93. The van der Waals surface area contributed by atoms with E-state index in [4.69, 9.17) is 9.47 Å². The maximum absolute atomic E-state index is 5.43. The molecule has 0 saturated heterocycles. The molecule has 21 heavy (non-hydrogen) atoms. The lowest BCUT2D eigenvalue weighted by atomic mass is 9.85. The molecular weight excluding hydrogens is 262 g/mol. The zero-order valence-electron chi connectivity index (χ0n) is 13.8. The third kappa shape index (κ3) is 3.91. The Kier molecular flexibility index (Phi) is 5.92. The lowest BCUT2D eigenvalue weighted by Gasteiger charge is -2.29. The van der Waals surface area contributed by atoms with E-state index in [0.717, 1.165) is 30.4 Å². The SMILES string of the molecule is CCCNC(c1cc(OC)cc(OC)c1)C1CCCC1C. The van der Waals surface area contributed by atoms with Gasteiger partial charge in [-0.25, -0.2) is 0 Å². The van der Waals surface area contributed by atoms with Gasteiger partial charge in [0.05, 0.1) is 14.2 Å². The predicted octanol–water partition coefficient (Wildman–Crippen LogP) is 4.18. The molecule has 0 bridgehead atoms. The summed E-state index contributed by atoms with van der Waals surface area (Å²) in [6.45, 7) is 5.65. The molecule has 0 radical (unpaired) electrons. The molecule has 0 amide bonds. The molecule has 0 aliphatic heterocycles. The summed E-state index contributed by atoms with van der Waals surface area (Å²) in [4.78, 5) is 0. The van der Waals surface area contributed by atoms with Crippen molar-refractivity contribution in [3.8, 4) is 11.5 Å². The van der Waals surface area contributed by atoms with E-state index in [2.05, 4.69) is 31.3 Å². The van der Waals surface area contributed by atoms with Crippen LogP contribution in [0.25, 0.3) is 0 Å². The van der Waals surface area contributed by atoms with Crippen LogP contribution in [0.2, 0.25) is 0 Å². The fourth-order valence-electron chi connectivity index (χ4n) is 3.49. The molecule has 3 heteroatoms. The molecule has 1 saturated carbocycles. The summed E-state index contributed by atoms with van der Waals surface area (Å²) in [7, 11) is 3.43. The Morgan fingerprint density at radius 1 is 1.14 bits per heavy atom. The number of hydrogen-bond donors (Lipinski definition) is 1. The molecule has 1 N–H and O–H groups in total. The summed E-state index contributed by atoms with van der Waals surface area (Å²) in [5.74, 6) is 3.22. The topological polar surface area (TPSA) is 30.5 Å². The van der Waals surface area contributed by atoms with Gasteiger partial charge in [-0.05, 0) is 48.9 Å². The van der Waals surface area contributed by atoms with Crippen molar-refractivity contribution in [2.24, 2.45) is 11.8 Å². The molecule has 3 nitrogen and oxygen atoms in total. The number of methoxy groups -OCH3 is 2. The molecule has 118 valence electrons. The second-order valence-electron chi connectivity index (χ2n) is 6.15. The Morgan fingerprint density at radius 2 is 1.81 bits per heavy atom. The zero-order chi connectivity index (χ0) is 15.2. The highest BCUT2D eigenvalue weighted by molar-refractivity contribution is 5.40. The molecular formula is C18H29NO2. The minimum atomic E-state index is 0.395. The van der Waals surface area contributed by atoms with Crippen molar-refractivity contribution >= 4 is 0 Å². The van der Waals surface area contributed by atoms with Gasteiger partial charge in [-0.15, -0.1) is 0 Å². The summed E-state index contributed by atoms with van der Waals surface area (Å²) < 4.78 is 10.9. The lowest BCUT2D eigenvalue weighted by molar-refractivity contribution is 0.300. The third-order valence-corrected chi connectivity index (χ3v) is 4.70. The van der Waals surface area contributed by atoms with Gasteiger partial charge in [-0.3, -0.25) is 0 Å². The van der Waals surface area contributed by atoms with E-state index >= 15 is 0 Å². The van der Waals surface area contributed by atoms with Crippen molar-refractivity contribution in [2.75, 3.05) is 20.8 Å². The van der Waals surface area contributed by atoms with Crippen LogP contribution in [0.3, 0.4) is 0 Å². The quantitative estimate of drug-likeness (QED) is 0.817. The Labute approximate surface area is 129 Å². The van der Waals surface area contributed by atoms with E-state index < -0.39 is 0 Å². The van der Waals surface area contributed by atoms with Crippen molar-refractivity contribution in [2.45, 2.75) is 45.6 Å². The minimum absolute atomic E-state index is 0.395. The maximum Gasteiger partial charge on any atom is 0.122 e. The first-order valence-corrected chi connectivity index (χ1v) is 8.16. The number of nitrogens with one attached hydrogen (secondary N) is 1. The van der Waals surface area contributed by atoms with E-state index in [1.165, 1.54) is 24.8 Å². The molecule has 3 unspecified atom stereocenters.